The minimum atomic E-state index is -0.429. The van der Waals surface area contributed by atoms with Gasteiger partial charge in [0.25, 0.3) is 0 Å². The standard InChI is InChI=1S/C11H9ClFNS/c12-8-4-3-7(6-9(8)13)11(14)10-2-1-5-15-10/h1-6,11H,14H2. The average molecular weight is 242 g/mol. The molecule has 0 saturated heterocycles. The van der Waals surface area contributed by atoms with Crippen molar-refractivity contribution in [2.24, 2.45) is 5.73 Å². The van der Waals surface area contributed by atoms with Gasteiger partial charge in [-0.05, 0) is 29.1 Å². The third-order valence-electron chi connectivity index (χ3n) is 2.15. The van der Waals surface area contributed by atoms with Crippen molar-refractivity contribution >= 4 is 22.9 Å². The molecule has 1 aromatic carbocycles. The first-order valence-corrected chi connectivity index (χ1v) is 5.68. The number of halogens is 2. The summed E-state index contributed by atoms with van der Waals surface area (Å²) in [5, 5.41) is 2.07. The largest absolute Gasteiger partial charge is 0.320 e. The third-order valence-corrected chi connectivity index (χ3v) is 3.41. The van der Waals surface area contributed by atoms with Gasteiger partial charge in [0.05, 0.1) is 11.1 Å². The van der Waals surface area contributed by atoms with Crippen LogP contribution in [0, 0.1) is 5.82 Å². The van der Waals surface area contributed by atoms with Gasteiger partial charge in [-0.15, -0.1) is 11.3 Å². The Hall–Kier alpha value is -0.900. The van der Waals surface area contributed by atoms with Gasteiger partial charge in [-0.25, -0.2) is 4.39 Å². The molecule has 1 aromatic heterocycles. The van der Waals surface area contributed by atoms with Crippen molar-refractivity contribution in [1.82, 2.24) is 0 Å². The second kappa shape index (κ2) is 4.31. The van der Waals surface area contributed by atoms with E-state index in [1.807, 2.05) is 17.5 Å². The summed E-state index contributed by atoms with van der Waals surface area (Å²) >= 11 is 7.15. The molecule has 0 bridgehead atoms. The van der Waals surface area contributed by atoms with Crippen molar-refractivity contribution in [2.45, 2.75) is 6.04 Å². The summed E-state index contributed by atoms with van der Waals surface area (Å²) in [5.41, 5.74) is 6.72. The van der Waals surface area contributed by atoms with Gasteiger partial charge in [-0.2, -0.15) is 0 Å². The zero-order chi connectivity index (χ0) is 10.8. The van der Waals surface area contributed by atoms with Gasteiger partial charge in [0.15, 0.2) is 0 Å². The summed E-state index contributed by atoms with van der Waals surface area (Å²) in [4.78, 5) is 1.01. The molecule has 0 aliphatic rings. The first kappa shape index (κ1) is 10.6. The first-order chi connectivity index (χ1) is 7.18. The lowest BCUT2D eigenvalue weighted by Crippen LogP contribution is -2.10. The van der Waals surface area contributed by atoms with Crippen LogP contribution in [0.25, 0.3) is 0 Å². The number of benzene rings is 1. The molecule has 0 fully saturated rings. The Morgan fingerprint density at radius 3 is 2.73 bits per heavy atom. The molecule has 2 aromatic rings. The fourth-order valence-electron chi connectivity index (χ4n) is 1.34. The Morgan fingerprint density at radius 1 is 1.33 bits per heavy atom. The average Bonchev–Trinajstić information content (AvgIpc) is 2.74. The molecule has 2 N–H and O–H groups in total. The topological polar surface area (TPSA) is 26.0 Å². The van der Waals surface area contributed by atoms with Gasteiger partial charge in [0.1, 0.15) is 5.82 Å². The normalized spacial score (nSPS) is 12.7. The molecule has 0 amide bonds. The third kappa shape index (κ3) is 2.20. The molecule has 1 heterocycles. The quantitative estimate of drug-likeness (QED) is 0.855. The minimum absolute atomic E-state index is 0.122. The van der Waals surface area contributed by atoms with Gasteiger partial charge < -0.3 is 5.73 Å². The molecule has 0 radical (unpaired) electrons. The van der Waals surface area contributed by atoms with E-state index in [-0.39, 0.29) is 11.1 Å². The fourth-order valence-corrected chi connectivity index (χ4v) is 2.21. The number of thiophene rings is 1. The molecule has 4 heteroatoms. The SMILES string of the molecule is NC(c1ccc(Cl)c(F)c1)c1cccs1. The maximum absolute atomic E-state index is 13.2. The van der Waals surface area contributed by atoms with Crippen molar-refractivity contribution < 1.29 is 4.39 Å². The van der Waals surface area contributed by atoms with E-state index in [1.54, 1.807) is 17.4 Å². The van der Waals surface area contributed by atoms with Gasteiger partial charge in [-0.1, -0.05) is 23.7 Å². The predicted molar refractivity (Wildman–Crippen MR) is 61.8 cm³/mol. The zero-order valence-corrected chi connectivity index (χ0v) is 9.36. The number of rotatable bonds is 2. The van der Waals surface area contributed by atoms with E-state index in [0.717, 1.165) is 10.4 Å². The molecule has 0 saturated carbocycles. The van der Waals surface area contributed by atoms with Gasteiger partial charge >= 0.3 is 0 Å². The molecule has 78 valence electrons. The van der Waals surface area contributed by atoms with E-state index < -0.39 is 5.82 Å². The molecule has 1 unspecified atom stereocenters. The van der Waals surface area contributed by atoms with Crippen LogP contribution in [0.1, 0.15) is 16.5 Å². The van der Waals surface area contributed by atoms with Crippen molar-refractivity contribution in [3.8, 4) is 0 Å². The maximum Gasteiger partial charge on any atom is 0.142 e. The molecule has 0 aliphatic carbocycles. The van der Waals surface area contributed by atoms with Crippen LogP contribution in [-0.2, 0) is 0 Å². The molecule has 0 spiro atoms. The lowest BCUT2D eigenvalue weighted by molar-refractivity contribution is 0.624. The highest BCUT2D eigenvalue weighted by Crippen LogP contribution is 2.26. The molecule has 0 aliphatic heterocycles. The fraction of sp³-hybridized carbons (Fsp3) is 0.0909. The second-order valence-corrected chi connectivity index (χ2v) is 4.55. The molecular formula is C11H9ClFNS. The van der Waals surface area contributed by atoms with Crippen molar-refractivity contribution in [2.75, 3.05) is 0 Å². The Labute approximate surface area is 96.3 Å². The molecule has 1 atom stereocenters. The Bertz CT molecular complexity index is 456. The molecule has 2 rings (SSSR count). The summed E-state index contributed by atoms with van der Waals surface area (Å²) < 4.78 is 13.2. The molecule has 1 nitrogen and oxygen atoms in total. The van der Waals surface area contributed by atoms with Crippen LogP contribution < -0.4 is 5.73 Å². The van der Waals surface area contributed by atoms with Crippen LogP contribution in [0.2, 0.25) is 5.02 Å². The Morgan fingerprint density at radius 2 is 2.13 bits per heavy atom. The predicted octanol–water partition coefficient (Wildman–Crippen LogP) is 3.59. The van der Waals surface area contributed by atoms with Gasteiger partial charge in [0.2, 0.25) is 0 Å². The molecular weight excluding hydrogens is 233 g/mol. The van der Waals surface area contributed by atoms with Crippen LogP contribution in [0.4, 0.5) is 4.39 Å². The van der Waals surface area contributed by atoms with E-state index in [9.17, 15) is 4.39 Å². The van der Waals surface area contributed by atoms with E-state index in [4.69, 9.17) is 17.3 Å². The van der Waals surface area contributed by atoms with Crippen LogP contribution >= 0.6 is 22.9 Å². The van der Waals surface area contributed by atoms with E-state index in [2.05, 4.69) is 0 Å². The number of hydrogen-bond donors (Lipinski definition) is 1. The number of nitrogens with two attached hydrogens (primary N) is 1. The highest BCUT2D eigenvalue weighted by Gasteiger charge is 2.11. The summed E-state index contributed by atoms with van der Waals surface area (Å²) in [5.74, 6) is -0.429. The summed E-state index contributed by atoms with van der Waals surface area (Å²) in [6.07, 6.45) is 0. The van der Waals surface area contributed by atoms with Crippen LogP contribution in [0.15, 0.2) is 35.7 Å². The summed E-state index contributed by atoms with van der Waals surface area (Å²) in [6, 6.07) is 8.23. The van der Waals surface area contributed by atoms with E-state index >= 15 is 0 Å². The lowest BCUT2D eigenvalue weighted by Gasteiger charge is -2.10. The zero-order valence-electron chi connectivity index (χ0n) is 7.78. The van der Waals surface area contributed by atoms with E-state index in [1.165, 1.54) is 12.1 Å². The van der Waals surface area contributed by atoms with Crippen LogP contribution in [0.3, 0.4) is 0 Å². The van der Waals surface area contributed by atoms with Gasteiger partial charge in [0, 0.05) is 4.88 Å². The highest BCUT2D eigenvalue weighted by atomic mass is 35.5. The van der Waals surface area contributed by atoms with Crippen LogP contribution in [0.5, 0.6) is 0 Å². The first-order valence-electron chi connectivity index (χ1n) is 4.42. The smallest absolute Gasteiger partial charge is 0.142 e. The number of hydrogen-bond acceptors (Lipinski definition) is 2. The molecule has 15 heavy (non-hydrogen) atoms. The van der Waals surface area contributed by atoms with Gasteiger partial charge in [-0.3, -0.25) is 0 Å². The second-order valence-electron chi connectivity index (χ2n) is 3.17. The van der Waals surface area contributed by atoms with E-state index in [0.29, 0.717) is 0 Å². The lowest BCUT2D eigenvalue weighted by atomic mass is 10.1. The van der Waals surface area contributed by atoms with Crippen LogP contribution in [-0.4, -0.2) is 0 Å². The maximum atomic E-state index is 13.2. The monoisotopic (exact) mass is 241 g/mol. The Balaban J connectivity index is 2.34. The van der Waals surface area contributed by atoms with Crippen molar-refractivity contribution in [3.63, 3.8) is 0 Å². The van der Waals surface area contributed by atoms with Crippen molar-refractivity contribution in [1.29, 1.82) is 0 Å². The minimum Gasteiger partial charge on any atom is -0.320 e. The highest BCUT2D eigenvalue weighted by molar-refractivity contribution is 7.10. The van der Waals surface area contributed by atoms with Crippen molar-refractivity contribution in [3.05, 3.63) is 57.0 Å². The summed E-state index contributed by atoms with van der Waals surface area (Å²) in [7, 11) is 0. The Kier molecular flexibility index (Phi) is 3.05. The summed E-state index contributed by atoms with van der Waals surface area (Å²) in [6.45, 7) is 0.